The fourth-order valence-corrected chi connectivity index (χ4v) is 3.47. The van der Waals surface area contributed by atoms with E-state index >= 15 is 0 Å². The Hall–Kier alpha value is -3.36. The van der Waals surface area contributed by atoms with E-state index < -0.39 is 11.0 Å². The lowest BCUT2D eigenvalue weighted by atomic mass is 10.00. The van der Waals surface area contributed by atoms with Crippen LogP contribution in [0.5, 0.6) is 5.75 Å². The van der Waals surface area contributed by atoms with Crippen LogP contribution in [0.3, 0.4) is 0 Å². The molecule has 2 heterocycles. The van der Waals surface area contributed by atoms with Crippen LogP contribution >= 0.6 is 0 Å². The molecular formula is C19H21N3O6. The van der Waals surface area contributed by atoms with Crippen molar-refractivity contribution in [2.24, 2.45) is 0 Å². The number of hydrogen-bond donors (Lipinski definition) is 0. The van der Waals surface area contributed by atoms with E-state index in [2.05, 4.69) is 0 Å². The van der Waals surface area contributed by atoms with Crippen molar-refractivity contribution in [3.63, 3.8) is 0 Å². The number of allylic oxidation sites excluding steroid dienone is 2. The first kappa shape index (κ1) is 19.4. The fourth-order valence-electron chi connectivity index (χ4n) is 3.47. The van der Waals surface area contributed by atoms with E-state index in [1.807, 2.05) is 4.90 Å². The summed E-state index contributed by atoms with van der Waals surface area (Å²) in [5.74, 6) is -0.148. The third-order valence-electron chi connectivity index (χ3n) is 4.89. The SMILES string of the molecule is COc1cc(N2CCC(N3C=CC=COC3=O)CC2)c(C(C)=O)cc1[N+](=O)[O-]. The van der Waals surface area contributed by atoms with Crippen LogP contribution in [0.4, 0.5) is 16.2 Å². The number of Topliss-reactive ketones (excluding diaryl/α,β-unsaturated/α-hetero) is 1. The number of carbonyl (C=O) groups is 2. The monoisotopic (exact) mass is 387 g/mol. The van der Waals surface area contributed by atoms with Gasteiger partial charge in [-0.1, -0.05) is 0 Å². The molecule has 0 aliphatic carbocycles. The Morgan fingerprint density at radius 2 is 2.00 bits per heavy atom. The normalized spacial score (nSPS) is 17.3. The zero-order valence-electron chi connectivity index (χ0n) is 15.7. The molecular weight excluding hydrogens is 366 g/mol. The van der Waals surface area contributed by atoms with Crippen molar-refractivity contribution in [2.75, 3.05) is 25.1 Å². The maximum Gasteiger partial charge on any atom is 0.418 e. The molecule has 1 aromatic rings. The van der Waals surface area contributed by atoms with Crippen LogP contribution in [0.15, 0.2) is 36.7 Å². The van der Waals surface area contributed by atoms with Gasteiger partial charge in [-0.05, 0) is 31.9 Å². The molecule has 9 heteroatoms. The quantitative estimate of drug-likeness (QED) is 0.434. The molecule has 2 aliphatic heterocycles. The summed E-state index contributed by atoms with van der Waals surface area (Å²) < 4.78 is 10.2. The molecule has 0 unspecified atom stereocenters. The molecule has 0 N–H and O–H groups in total. The summed E-state index contributed by atoms with van der Waals surface area (Å²) in [5, 5.41) is 11.3. The highest BCUT2D eigenvalue weighted by atomic mass is 16.6. The number of nitrogens with zero attached hydrogens (tertiary/aromatic N) is 3. The second kappa shape index (κ2) is 8.12. The highest BCUT2D eigenvalue weighted by Crippen LogP contribution is 2.36. The molecule has 0 aromatic heterocycles. The number of benzene rings is 1. The number of hydrogen-bond acceptors (Lipinski definition) is 7. The highest BCUT2D eigenvalue weighted by Gasteiger charge is 2.30. The molecule has 3 rings (SSSR count). The maximum absolute atomic E-state index is 12.1. The molecule has 1 aromatic carbocycles. The van der Waals surface area contributed by atoms with Gasteiger partial charge in [-0.3, -0.25) is 19.8 Å². The number of methoxy groups -OCH3 is 1. The number of nitro groups is 1. The summed E-state index contributed by atoms with van der Waals surface area (Å²) in [6.07, 6.45) is 7.33. The van der Waals surface area contributed by atoms with Gasteiger partial charge < -0.3 is 14.4 Å². The summed E-state index contributed by atoms with van der Waals surface area (Å²) in [4.78, 5) is 38.4. The average Bonchev–Trinajstić information content (AvgIpc) is 2.91. The third kappa shape index (κ3) is 3.83. The standard InChI is InChI=1S/C19H21N3O6/c1-13(23)15-11-17(22(25)26)18(27-2)12-16(15)20-8-5-14(6-9-20)21-7-3-4-10-28-19(21)24/h3-4,7,10-12,14H,5-6,8-9H2,1-2H3. The van der Waals surface area contributed by atoms with Crippen LogP contribution in [0, 0.1) is 10.1 Å². The van der Waals surface area contributed by atoms with E-state index in [1.54, 1.807) is 29.3 Å². The Morgan fingerprint density at radius 3 is 2.61 bits per heavy atom. The first-order valence-electron chi connectivity index (χ1n) is 8.87. The molecule has 0 bridgehead atoms. The second-order valence-electron chi connectivity index (χ2n) is 6.53. The summed E-state index contributed by atoms with van der Waals surface area (Å²) in [5.41, 5.74) is 0.643. The Morgan fingerprint density at radius 1 is 1.29 bits per heavy atom. The molecule has 148 valence electrons. The predicted molar refractivity (Wildman–Crippen MR) is 101 cm³/mol. The van der Waals surface area contributed by atoms with Gasteiger partial charge in [-0.15, -0.1) is 0 Å². The van der Waals surface area contributed by atoms with Gasteiger partial charge in [0, 0.05) is 43.0 Å². The number of carbonyl (C=O) groups excluding carboxylic acids is 2. The van der Waals surface area contributed by atoms with Gasteiger partial charge in [-0.2, -0.15) is 0 Å². The first-order valence-corrected chi connectivity index (χ1v) is 8.87. The third-order valence-corrected chi connectivity index (χ3v) is 4.89. The van der Waals surface area contributed by atoms with Crippen LogP contribution in [0.2, 0.25) is 0 Å². The van der Waals surface area contributed by atoms with Crippen LogP contribution in [-0.4, -0.2) is 47.9 Å². The Kier molecular flexibility index (Phi) is 5.62. The summed E-state index contributed by atoms with van der Waals surface area (Å²) >= 11 is 0. The Labute approximate surface area is 162 Å². The minimum Gasteiger partial charge on any atom is -0.490 e. The number of amides is 1. The lowest BCUT2D eigenvalue weighted by molar-refractivity contribution is -0.385. The second-order valence-corrected chi connectivity index (χ2v) is 6.53. The van der Waals surface area contributed by atoms with E-state index in [-0.39, 0.29) is 28.8 Å². The number of nitro benzene ring substituents is 1. The van der Waals surface area contributed by atoms with Crippen LogP contribution in [0.1, 0.15) is 30.1 Å². The minimum absolute atomic E-state index is 0.0272. The summed E-state index contributed by atoms with van der Waals surface area (Å²) in [6, 6.07) is 2.78. The van der Waals surface area contributed by atoms with Gasteiger partial charge in [0.1, 0.15) is 0 Å². The molecule has 2 aliphatic rings. The van der Waals surface area contributed by atoms with E-state index in [4.69, 9.17) is 9.47 Å². The smallest absolute Gasteiger partial charge is 0.418 e. The number of piperidine rings is 1. The molecule has 0 spiro atoms. The lowest BCUT2D eigenvalue weighted by Crippen LogP contribution is -2.45. The van der Waals surface area contributed by atoms with Crippen molar-refractivity contribution in [2.45, 2.75) is 25.8 Å². The molecule has 28 heavy (non-hydrogen) atoms. The number of ketones is 1. The zero-order valence-corrected chi connectivity index (χ0v) is 15.7. The predicted octanol–water partition coefficient (Wildman–Crippen LogP) is 3.25. The van der Waals surface area contributed by atoms with Gasteiger partial charge >= 0.3 is 11.8 Å². The maximum atomic E-state index is 12.1. The van der Waals surface area contributed by atoms with Gasteiger partial charge in [-0.25, -0.2) is 4.79 Å². The van der Waals surface area contributed by atoms with E-state index in [0.717, 1.165) is 0 Å². The van der Waals surface area contributed by atoms with Crippen LogP contribution in [0.25, 0.3) is 0 Å². The number of rotatable bonds is 5. The van der Waals surface area contributed by atoms with Gasteiger partial charge in [0.15, 0.2) is 11.5 Å². The van der Waals surface area contributed by atoms with E-state index in [1.165, 1.54) is 26.4 Å². The van der Waals surface area contributed by atoms with Crippen molar-refractivity contribution in [3.05, 3.63) is 52.4 Å². The van der Waals surface area contributed by atoms with Crippen LogP contribution < -0.4 is 9.64 Å². The number of anilines is 1. The molecule has 1 saturated heterocycles. The minimum atomic E-state index is -0.563. The fraction of sp³-hybridized carbons (Fsp3) is 0.368. The Bertz CT molecular complexity index is 855. The van der Waals surface area contributed by atoms with Crippen LogP contribution in [-0.2, 0) is 4.74 Å². The molecule has 9 nitrogen and oxygen atoms in total. The molecule has 0 radical (unpaired) electrons. The number of cyclic esters (lactones) is 1. The van der Waals surface area contributed by atoms with E-state index in [0.29, 0.717) is 31.6 Å². The van der Waals surface area contributed by atoms with E-state index in [9.17, 15) is 19.7 Å². The van der Waals surface area contributed by atoms with Crippen molar-refractivity contribution < 1.29 is 24.0 Å². The van der Waals surface area contributed by atoms with Crippen molar-refractivity contribution in [1.82, 2.24) is 4.90 Å². The molecule has 1 fully saturated rings. The van der Waals surface area contributed by atoms with Gasteiger partial charge in [0.25, 0.3) is 0 Å². The average molecular weight is 387 g/mol. The largest absolute Gasteiger partial charge is 0.490 e. The number of ether oxygens (including phenoxy) is 2. The lowest BCUT2D eigenvalue weighted by Gasteiger charge is -2.37. The van der Waals surface area contributed by atoms with Crippen molar-refractivity contribution in [1.29, 1.82) is 0 Å². The van der Waals surface area contributed by atoms with Crippen molar-refractivity contribution in [3.8, 4) is 5.75 Å². The molecule has 0 saturated carbocycles. The summed E-state index contributed by atoms with van der Waals surface area (Å²) in [7, 11) is 1.36. The van der Waals surface area contributed by atoms with Gasteiger partial charge in [0.05, 0.1) is 24.0 Å². The summed E-state index contributed by atoms with van der Waals surface area (Å²) in [6.45, 7) is 2.54. The van der Waals surface area contributed by atoms with Gasteiger partial charge in [0.2, 0.25) is 0 Å². The first-order chi connectivity index (χ1) is 13.4. The zero-order chi connectivity index (χ0) is 20.3. The molecule has 0 atom stereocenters. The van der Waals surface area contributed by atoms with Crippen molar-refractivity contribution >= 4 is 23.3 Å². The Balaban J connectivity index is 1.82. The topological polar surface area (TPSA) is 102 Å². The molecule has 1 amide bonds. The highest BCUT2D eigenvalue weighted by molar-refractivity contribution is 6.01.